The summed E-state index contributed by atoms with van der Waals surface area (Å²) in [6.45, 7) is 4.58. The summed E-state index contributed by atoms with van der Waals surface area (Å²) in [6.07, 6.45) is 6.42. The average Bonchev–Trinajstić information content (AvgIpc) is 2.48. The molecule has 0 saturated heterocycles. The number of unbranched alkanes of at least 4 members (excludes halogenated alkanes) is 2. The fourth-order valence-electron chi connectivity index (χ4n) is 1.53. The average molecular weight is 385 g/mol. The predicted octanol–water partition coefficient (Wildman–Crippen LogP) is 4.34. The molecule has 20 heavy (non-hydrogen) atoms. The molecule has 2 radical (unpaired) electrons. The van der Waals surface area contributed by atoms with Crippen LogP contribution in [0.1, 0.15) is 49.9 Å². The number of methoxy groups -OCH3 is 1. The second-order valence-electron chi connectivity index (χ2n) is 4.47. The maximum Gasteiger partial charge on any atom is 0.168 e. The molecule has 1 rings (SSSR count). The van der Waals surface area contributed by atoms with E-state index in [9.17, 15) is 9.90 Å². The molecule has 0 bridgehead atoms. The number of carbonyl (C=O) groups is 1. The van der Waals surface area contributed by atoms with Gasteiger partial charge in [0.1, 0.15) is 0 Å². The number of hydrogen-bond donors (Lipinski definition) is 1. The maximum atomic E-state index is 10.3. The van der Waals surface area contributed by atoms with Crippen LogP contribution in [0.3, 0.4) is 0 Å². The standard InChI is InChI=1S/C8H8O3.2C4H9.Sn/c1-11-7-4-2-3-6(5-9)8(7)10;2*1-3-4-2;/h2-5,10H,1H3;2*1,3-4H2,2H3;. The van der Waals surface area contributed by atoms with E-state index in [1.165, 1.54) is 38.9 Å². The van der Waals surface area contributed by atoms with Crippen LogP contribution in [-0.2, 0) is 0 Å². The zero-order valence-corrected chi connectivity index (χ0v) is 15.7. The second kappa shape index (κ2) is 13.3. The third-order valence-corrected chi connectivity index (χ3v) is 6.83. The normalized spacial score (nSPS) is 9.55. The molecule has 1 aromatic carbocycles. The molecular weight excluding hydrogens is 359 g/mol. The monoisotopic (exact) mass is 386 g/mol. The van der Waals surface area contributed by atoms with Crippen molar-refractivity contribution in [1.82, 2.24) is 0 Å². The first-order chi connectivity index (χ1) is 9.71. The van der Waals surface area contributed by atoms with Gasteiger partial charge in [0, 0.05) is 0 Å². The van der Waals surface area contributed by atoms with Gasteiger partial charge in [-0.15, -0.1) is 0 Å². The van der Waals surface area contributed by atoms with Crippen LogP contribution in [0.15, 0.2) is 18.2 Å². The first kappa shape index (κ1) is 19.3. The van der Waals surface area contributed by atoms with Gasteiger partial charge < -0.3 is 9.84 Å². The van der Waals surface area contributed by atoms with Gasteiger partial charge in [0.25, 0.3) is 0 Å². The van der Waals surface area contributed by atoms with Gasteiger partial charge in [0.2, 0.25) is 0 Å². The van der Waals surface area contributed by atoms with Crippen LogP contribution in [0.25, 0.3) is 0 Å². The summed E-state index contributed by atoms with van der Waals surface area (Å²) in [5, 5.41) is 9.23. The van der Waals surface area contributed by atoms with E-state index < -0.39 is 0 Å². The quantitative estimate of drug-likeness (QED) is 0.412. The van der Waals surface area contributed by atoms with E-state index in [2.05, 4.69) is 13.8 Å². The number of benzene rings is 1. The summed E-state index contributed by atoms with van der Waals surface area (Å²) in [6, 6.07) is 4.75. The van der Waals surface area contributed by atoms with E-state index in [0.29, 0.717) is 12.0 Å². The van der Waals surface area contributed by atoms with Crippen molar-refractivity contribution < 1.29 is 14.6 Å². The summed E-state index contributed by atoms with van der Waals surface area (Å²) in [4.78, 5) is 10.3. The third kappa shape index (κ3) is 8.46. The molecule has 0 unspecified atom stereocenters. The second-order valence-corrected chi connectivity index (χ2v) is 8.75. The van der Waals surface area contributed by atoms with Crippen molar-refractivity contribution in [3.63, 3.8) is 0 Å². The summed E-state index contributed by atoms with van der Waals surface area (Å²) in [7, 11) is 1.43. The van der Waals surface area contributed by atoms with Crippen LogP contribution in [0, 0.1) is 0 Å². The summed E-state index contributed by atoms with van der Waals surface area (Å²) < 4.78 is 8.03. The first-order valence-electron chi connectivity index (χ1n) is 7.23. The summed E-state index contributed by atoms with van der Waals surface area (Å²) in [5.74, 6) is 0.208. The molecule has 0 heterocycles. The Morgan fingerprint density at radius 2 is 1.80 bits per heavy atom. The van der Waals surface area contributed by atoms with E-state index in [1.807, 2.05) is 0 Å². The van der Waals surface area contributed by atoms with Crippen LogP contribution in [-0.4, -0.2) is 39.6 Å². The Labute approximate surface area is 133 Å². The van der Waals surface area contributed by atoms with Crippen LogP contribution in [0.5, 0.6) is 11.5 Å². The van der Waals surface area contributed by atoms with Crippen LogP contribution < -0.4 is 4.74 Å². The molecule has 0 aromatic heterocycles. The topological polar surface area (TPSA) is 46.5 Å². The Balaban J connectivity index is 0.000000370. The van der Waals surface area contributed by atoms with E-state index in [1.54, 1.807) is 21.0 Å². The minimum atomic E-state index is -0.106. The summed E-state index contributed by atoms with van der Waals surface area (Å²) in [5.41, 5.74) is 0.240. The number of hydrogen-bond acceptors (Lipinski definition) is 3. The van der Waals surface area contributed by atoms with Gasteiger partial charge in [0.05, 0.1) is 12.7 Å². The van der Waals surface area contributed by atoms with E-state index in [0.717, 1.165) is 0 Å². The van der Waals surface area contributed by atoms with Crippen molar-refractivity contribution in [2.45, 2.75) is 48.4 Å². The van der Waals surface area contributed by atoms with Crippen LogP contribution in [0.4, 0.5) is 0 Å². The van der Waals surface area contributed by atoms with Crippen molar-refractivity contribution in [2.75, 3.05) is 7.11 Å². The fraction of sp³-hybridized carbons (Fsp3) is 0.562. The molecular formula is C16H26O3Sn. The molecule has 0 aliphatic heterocycles. The van der Waals surface area contributed by atoms with Gasteiger partial charge in [-0.1, -0.05) is 6.07 Å². The fourth-order valence-corrected chi connectivity index (χ4v) is 5.69. The van der Waals surface area contributed by atoms with E-state index >= 15 is 0 Å². The molecule has 1 N–H and O–H groups in total. The van der Waals surface area contributed by atoms with Crippen molar-refractivity contribution >= 4 is 27.4 Å². The number of rotatable bonds is 8. The molecule has 1 aromatic rings. The van der Waals surface area contributed by atoms with Gasteiger partial charge in [0.15, 0.2) is 17.8 Å². The van der Waals surface area contributed by atoms with Crippen LogP contribution >= 0.6 is 0 Å². The molecule has 0 spiro atoms. The van der Waals surface area contributed by atoms with Crippen LogP contribution in [0.2, 0.25) is 8.87 Å². The molecule has 3 nitrogen and oxygen atoms in total. The minimum Gasteiger partial charge on any atom is -0.504 e. The molecule has 0 fully saturated rings. The number of aromatic hydroxyl groups is 1. The number of phenols is 1. The maximum absolute atomic E-state index is 10.3. The number of para-hydroxylation sites is 1. The minimum absolute atomic E-state index is 0.106. The smallest absolute Gasteiger partial charge is 0.168 e. The first-order valence-corrected chi connectivity index (χ1v) is 11.3. The molecule has 0 aliphatic rings. The predicted molar refractivity (Wildman–Crippen MR) is 85.2 cm³/mol. The number of ether oxygens (including phenoxy) is 1. The number of phenolic OH excluding ortho intramolecular Hbond substituents is 1. The Kier molecular flexibility index (Phi) is 12.8. The zero-order valence-electron chi connectivity index (χ0n) is 12.8. The zero-order chi connectivity index (χ0) is 15.2. The van der Waals surface area contributed by atoms with Crippen molar-refractivity contribution in [3.8, 4) is 11.5 Å². The molecule has 0 saturated carbocycles. The largest absolute Gasteiger partial charge is 0.504 e. The molecule has 0 atom stereocenters. The molecule has 4 heteroatoms. The molecule has 0 amide bonds. The number of aldehydes is 1. The van der Waals surface area contributed by atoms with Gasteiger partial charge in [-0.3, -0.25) is 4.79 Å². The van der Waals surface area contributed by atoms with E-state index in [4.69, 9.17) is 4.74 Å². The van der Waals surface area contributed by atoms with Gasteiger partial charge in [-0.2, -0.15) is 0 Å². The molecule has 0 aliphatic carbocycles. The Bertz CT molecular complexity index is 361. The van der Waals surface area contributed by atoms with E-state index in [-0.39, 0.29) is 32.5 Å². The Hall–Kier alpha value is -0.711. The number of carbonyl (C=O) groups excluding carboxylic acids is 1. The van der Waals surface area contributed by atoms with Gasteiger partial charge in [-0.05, 0) is 12.1 Å². The summed E-state index contributed by atoms with van der Waals surface area (Å²) >= 11 is 0.149. The molecule has 112 valence electrons. The van der Waals surface area contributed by atoms with Crippen molar-refractivity contribution in [1.29, 1.82) is 0 Å². The van der Waals surface area contributed by atoms with Gasteiger partial charge >= 0.3 is 69.5 Å². The Morgan fingerprint density at radius 3 is 2.25 bits per heavy atom. The Morgan fingerprint density at radius 1 is 1.20 bits per heavy atom. The van der Waals surface area contributed by atoms with Crippen molar-refractivity contribution in [3.05, 3.63) is 23.8 Å². The third-order valence-electron chi connectivity index (χ3n) is 2.79. The SMILES string of the molecule is CCC[CH2][Sn][CH2]CCC.COc1cccc(C=O)c1O. The van der Waals surface area contributed by atoms with Gasteiger partial charge in [-0.25, -0.2) is 0 Å². The van der Waals surface area contributed by atoms with Crippen molar-refractivity contribution in [2.24, 2.45) is 0 Å².